The van der Waals surface area contributed by atoms with E-state index in [-0.39, 0.29) is 16.7 Å². The molecule has 1 aromatic carbocycles. The summed E-state index contributed by atoms with van der Waals surface area (Å²) in [5, 5.41) is 11.1. The van der Waals surface area contributed by atoms with Gasteiger partial charge in [0, 0.05) is 44.6 Å². The van der Waals surface area contributed by atoms with E-state index >= 15 is 0 Å². The van der Waals surface area contributed by atoms with Gasteiger partial charge < -0.3 is 14.7 Å². The van der Waals surface area contributed by atoms with Crippen LogP contribution in [0, 0.1) is 29.0 Å². The number of aliphatic hydroxyl groups is 1. The van der Waals surface area contributed by atoms with Crippen molar-refractivity contribution in [2.24, 2.45) is 23.2 Å². The van der Waals surface area contributed by atoms with E-state index in [1.807, 2.05) is 24.8 Å². The first-order valence-electron chi connectivity index (χ1n) is 12.9. The molecule has 3 atom stereocenters. The van der Waals surface area contributed by atoms with Crippen LogP contribution < -0.4 is 0 Å². The molecule has 2 heterocycles. The van der Waals surface area contributed by atoms with E-state index in [0.29, 0.717) is 50.5 Å². The molecule has 2 aliphatic heterocycles. The number of piperidine rings is 1. The van der Waals surface area contributed by atoms with Crippen LogP contribution in [0.5, 0.6) is 0 Å². The summed E-state index contributed by atoms with van der Waals surface area (Å²) in [6.07, 6.45) is 5.21. The van der Waals surface area contributed by atoms with Crippen molar-refractivity contribution in [1.82, 2.24) is 9.80 Å². The van der Waals surface area contributed by atoms with Crippen molar-refractivity contribution >= 4 is 17.5 Å². The van der Waals surface area contributed by atoms with Gasteiger partial charge in [-0.1, -0.05) is 31.5 Å². The lowest BCUT2D eigenvalue weighted by atomic mass is 9.80. The third-order valence-electron chi connectivity index (χ3n) is 7.96. The van der Waals surface area contributed by atoms with Crippen LogP contribution in [0.2, 0.25) is 5.02 Å². The summed E-state index contributed by atoms with van der Waals surface area (Å²) in [7, 11) is 0. The number of aliphatic hydroxyl groups excluding tert-OH is 1. The second kappa shape index (κ2) is 11.2. The van der Waals surface area contributed by atoms with E-state index in [0.717, 1.165) is 44.5 Å². The van der Waals surface area contributed by atoms with Gasteiger partial charge >= 0.3 is 0 Å². The molecular weight excluding hydrogens is 455 g/mol. The molecule has 0 aromatic heterocycles. The van der Waals surface area contributed by atoms with Crippen LogP contribution in [-0.4, -0.2) is 66.3 Å². The van der Waals surface area contributed by atoms with Gasteiger partial charge in [0.25, 0.3) is 0 Å². The number of β-amino-alcohol motifs (C(OH)–C–C–N with tert-alkyl or cyclic N) is 1. The summed E-state index contributed by atoms with van der Waals surface area (Å²) in [5.41, 5.74) is 0.532. The number of likely N-dealkylation sites (tertiary alicyclic amines) is 1. The van der Waals surface area contributed by atoms with Gasteiger partial charge in [0.1, 0.15) is 5.82 Å². The summed E-state index contributed by atoms with van der Waals surface area (Å²) in [4.78, 5) is 17.8. The molecule has 7 heteroatoms. The monoisotopic (exact) mass is 494 g/mol. The Kier molecular flexibility index (Phi) is 8.55. The minimum Gasteiger partial charge on any atom is -0.391 e. The average molecular weight is 495 g/mol. The van der Waals surface area contributed by atoms with Crippen LogP contribution in [0.25, 0.3) is 0 Å². The second-order valence-electron chi connectivity index (χ2n) is 11.4. The predicted octanol–water partition coefficient (Wildman–Crippen LogP) is 4.74. The zero-order valence-corrected chi connectivity index (χ0v) is 21.4. The number of ether oxygens (including phenoxy) is 1. The van der Waals surface area contributed by atoms with E-state index in [1.54, 1.807) is 6.07 Å². The van der Waals surface area contributed by atoms with E-state index in [1.165, 1.54) is 18.9 Å². The van der Waals surface area contributed by atoms with Gasteiger partial charge in [0.2, 0.25) is 5.91 Å². The summed E-state index contributed by atoms with van der Waals surface area (Å²) >= 11 is 5.85. The Morgan fingerprint density at radius 2 is 1.97 bits per heavy atom. The molecule has 4 rings (SSSR count). The fourth-order valence-electron chi connectivity index (χ4n) is 5.37. The molecule has 0 spiro atoms. The highest BCUT2D eigenvalue weighted by atomic mass is 35.5. The number of fused-ring (bicyclic) bond motifs is 1. The molecule has 0 radical (unpaired) electrons. The third-order valence-corrected chi connectivity index (χ3v) is 8.27. The van der Waals surface area contributed by atoms with Crippen LogP contribution in [-0.2, 0) is 16.1 Å². The first-order valence-corrected chi connectivity index (χ1v) is 13.3. The Bertz CT molecular complexity index is 847. The van der Waals surface area contributed by atoms with Gasteiger partial charge in [-0.2, -0.15) is 0 Å². The molecule has 34 heavy (non-hydrogen) atoms. The normalized spacial score (nSPS) is 29.6. The van der Waals surface area contributed by atoms with Gasteiger partial charge in [-0.3, -0.25) is 9.69 Å². The molecular formula is C27H40ClFN2O3. The van der Waals surface area contributed by atoms with Crippen LogP contribution in [0.1, 0.15) is 57.9 Å². The van der Waals surface area contributed by atoms with Crippen molar-refractivity contribution in [1.29, 1.82) is 0 Å². The van der Waals surface area contributed by atoms with Crippen molar-refractivity contribution < 1.29 is 19.0 Å². The highest BCUT2D eigenvalue weighted by Crippen LogP contribution is 2.35. The lowest BCUT2D eigenvalue weighted by Gasteiger charge is -2.39. The van der Waals surface area contributed by atoms with Gasteiger partial charge in [-0.15, -0.1) is 0 Å². The van der Waals surface area contributed by atoms with Gasteiger partial charge in [-0.05, 0) is 74.1 Å². The topological polar surface area (TPSA) is 53.0 Å². The Hall–Kier alpha value is -1.21. The number of rotatable bonds is 4. The molecule has 0 unspecified atom stereocenters. The average Bonchev–Trinajstić information content (AvgIpc) is 3.60. The molecule has 190 valence electrons. The number of amides is 1. The van der Waals surface area contributed by atoms with Gasteiger partial charge in [0.15, 0.2) is 0 Å². The number of nitrogens with zero attached hydrogens (tertiary/aromatic N) is 2. The van der Waals surface area contributed by atoms with E-state index in [9.17, 15) is 14.3 Å². The van der Waals surface area contributed by atoms with Crippen LogP contribution in [0.15, 0.2) is 18.2 Å². The van der Waals surface area contributed by atoms with Crippen molar-refractivity contribution in [3.63, 3.8) is 0 Å². The van der Waals surface area contributed by atoms with Crippen molar-refractivity contribution in [3.8, 4) is 0 Å². The van der Waals surface area contributed by atoms with Crippen molar-refractivity contribution in [3.05, 3.63) is 34.6 Å². The molecule has 0 bridgehead atoms. The maximum absolute atomic E-state index is 13.9. The number of halogens is 2. The van der Waals surface area contributed by atoms with Crippen LogP contribution in [0.4, 0.5) is 4.39 Å². The molecule has 1 N–H and O–H groups in total. The van der Waals surface area contributed by atoms with Crippen LogP contribution >= 0.6 is 11.6 Å². The molecule has 3 aliphatic rings. The Balaban J connectivity index is 1.45. The lowest BCUT2D eigenvalue weighted by molar-refractivity contribution is -0.136. The maximum atomic E-state index is 13.9. The summed E-state index contributed by atoms with van der Waals surface area (Å²) in [6.45, 7) is 8.84. The number of carbonyl (C=O) groups excluding carboxylic acids is 1. The van der Waals surface area contributed by atoms with Crippen molar-refractivity contribution in [2.45, 2.75) is 65.0 Å². The molecule has 1 aromatic rings. The molecule has 5 nitrogen and oxygen atoms in total. The van der Waals surface area contributed by atoms with Crippen molar-refractivity contribution in [2.75, 3.05) is 39.4 Å². The van der Waals surface area contributed by atoms with Gasteiger partial charge in [0.05, 0.1) is 17.7 Å². The molecule has 3 fully saturated rings. The minimum absolute atomic E-state index is 0.153. The maximum Gasteiger partial charge on any atom is 0.222 e. The van der Waals surface area contributed by atoms with Gasteiger partial charge in [-0.25, -0.2) is 4.39 Å². The Labute approximate surface area is 208 Å². The summed E-state index contributed by atoms with van der Waals surface area (Å²) in [6, 6.07) is 5.04. The van der Waals surface area contributed by atoms with E-state index in [4.69, 9.17) is 16.3 Å². The summed E-state index contributed by atoms with van der Waals surface area (Å²) in [5.74, 6) is 1.13. The minimum atomic E-state index is -0.603. The number of carbonyl (C=O) groups is 1. The highest BCUT2D eigenvalue weighted by Gasteiger charge is 2.37. The smallest absolute Gasteiger partial charge is 0.222 e. The Morgan fingerprint density at radius 3 is 2.71 bits per heavy atom. The van der Waals surface area contributed by atoms with E-state index in [2.05, 4.69) is 4.90 Å². The standard InChI is InChI=1S/C27H40ClFN2O3/c1-27(2)18-34-11-3-4-22-16-30(14-20-7-8-23(28)24(29)12-20)10-9-21(22)13-26(33)31(17-25(27)32)15-19-5-6-19/h7-8,12,19,21-22,25,32H,3-6,9-11,13-18H2,1-2H3/t21-,22-,25-/m0/s1. The predicted molar refractivity (Wildman–Crippen MR) is 132 cm³/mol. The molecule has 1 aliphatic carbocycles. The Morgan fingerprint density at radius 1 is 1.18 bits per heavy atom. The second-order valence-corrected chi connectivity index (χ2v) is 11.8. The molecule has 1 amide bonds. The molecule has 1 saturated carbocycles. The van der Waals surface area contributed by atoms with E-state index < -0.39 is 11.5 Å². The number of hydrogen-bond donors (Lipinski definition) is 1. The molecule has 2 saturated heterocycles. The number of benzene rings is 1. The fourth-order valence-corrected chi connectivity index (χ4v) is 5.49. The summed E-state index contributed by atoms with van der Waals surface area (Å²) < 4.78 is 19.9. The first-order chi connectivity index (χ1) is 16.2. The quantitative estimate of drug-likeness (QED) is 0.656. The van der Waals surface area contributed by atoms with Crippen LogP contribution in [0.3, 0.4) is 0 Å². The highest BCUT2D eigenvalue weighted by molar-refractivity contribution is 6.30. The largest absolute Gasteiger partial charge is 0.391 e. The zero-order chi connectivity index (χ0) is 24.3. The number of hydrogen-bond acceptors (Lipinski definition) is 4. The third kappa shape index (κ3) is 6.93. The SMILES string of the molecule is CC1(C)COCCC[C@H]2CN(Cc3ccc(Cl)c(F)c3)CC[C@H]2CC(=O)N(CC2CC2)C[C@@H]1O. The fraction of sp³-hybridized carbons (Fsp3) is 0.741. The zero-order valence-electron chi connectivity index (χ0n) is 20.6. The first kappa shape index (κ1) is 25.9. The lowest BCUT2D eigenvalue weighted by Crippen LogP contribution is -2.47.